The summed E-state index contributed by atoms with van der Waals surface area (Å²) in [5, 5.41) is 11.7. The third-order valence-corrected chi connectivity index (χ3v) is 5.36. The zero-order valence-corrected chi connectivity index (χ0v) is 14.3. The summed E-state index contributed by atoms with van der Waals surface area (Å²) in [7, 11) is 0. The van der Waals surface area contributed by atoms with E-state index in [0.717, 1.165) is 24.4 Å². The second-order valence-corrected chi connectivity index (χ2v) is 7.40. The third kappa shape index (κ3) is 4.65. The predicted molar refractivity (Wildman–Crippen MR) is 93.0 cm³/mol. The average molecular weight is 349 g/mol. The number of carbonyl (C=O) groups is 1. The Bertz CT molecular complexity index is 657. The van der Waals surface area contributed by atoms with Gasteiger partial charge in [-0.05, 0) is 25.0 Å². The molecule has 0 aliphatic heterocycles. The summed E-state index contributed by atoms with van der Waals surface area (Å²) >= 11 is 3.05. The van der Waals surface area contributed by atoms with Crippen LogP contribution in [0.4, 0.5) is 0 Å². The molecule has 122 valence electrons. The van der Waals surface area contributed by atoms with Gasteiger partial charge in [-0.1, -0.05) is 30.0 Å². The number of hydrogen-bond donors (Lipinski definition) is 2. The molecule has 0 spiro atoms. The van der Waals surface area contributed by atoms with E-state index in [2.05, 4.69) is 27.6 Å². The molecule has 0 unspecified atom stereocenters. The third-order valence-electron chi connectivity index (χ3n) is 3.40. The predicted octanol–water partition coefficient (Wildman–Crippen LogP) is 1.87. The van der Waals surface area contributed by atoms with Gasteiger partial charge < -0.3 is 11.2 Å². The number of carbonyl (C=O) groups excluding carboxylic acids is 1. The molecule has 8 heteroatoms. The van der Waals surface area contributed by atoms with E-state index in [1.807, 2.05) is 18.2 Å². The van der Waals surface area contributed by atoms with Crippen molar-refractivity contribution in [3.05, 3.63) is 36.2 Å². The normalized spacial score (nSPS) is 13.9. The van der Waals surface area contributed by atoms with E-state index in [1.54, 1.807) is 11.8 Å². The largest absolute Gasteiger partial charge is 0.355 e. The van der Waals surface area contributed by atoms with Gasteiger partial charge in [0.2, 0.25) is 11.1 Å². The SMILES string of the molecule is Nn1c(SCC(=O)NCCSc2ccccc2)nnc1C1CC1. The van der Waals surface area contributed by atoms with Crippen LogP contribution in [0, 0.1) is 0 Å². The summed E-state index contributed by atoms with van der Waals surface area (Å²) < 4.78 is 1.51. The van der Waals surface area contributed by atoms with Crippen LogP contribution in [0.3, 0.4) is 0 Å². The molecule has 23 heavy (non-hydrogen) atoms. The van der Waals surface area contributed by atoms with Crippen molar-refractivity contribution in [2.24, 2.45) is 0 Å². The Morgan fingerprint density at radius 1 is 1.26 bits per heavy atom. The maximum atomic E-state index is 11.9. The van der Waals surface area contributed by atoms with E-state index >= 15 is 0 Å². The number of nitrogens with zero attached hydrogens (tertiary/aromatic N) is 3. The fraction of sp³-hybridized carbons (Fsp3) is 0.400. The van der Waals surface area contributed by atoms with E-state index in [4.69, 9.17) is 5.84 Å². The highest BCUT2D eigenvalue weighted by molar-refractivity contribution is 7.99. The lowest BCUT2D eigenvalue weighted by Crippen LogP contribution is -2.27. The fourth-order valence-electron chi connectivity index (χ4n) is 2.06. The van der Waals surface area contributed by atoms with Crippen molar-refractivity contribution >= 4 is 29.4 Å². The van der Waals surface area contributed by atoms with Crippen LogP contribution in [0.5, 0.6) is 0 Å². The van der Waals surface area contributed by atoms with E-state index in [0.29, 0.717) is 23.4 Å². The zero-order chi connectivity index (χ0) is 16.1. The summed E-state index contributed by atoms with van der Waals surface area (Å²) in [5.74, 6) is 8.36. The monoisotopic (exact) mass is 349 g/mol. The molecular weight excluding hydrogens is 330 g/mol. The first-order valence-corrected chi connectivity index (χ1v) is 9.49. The van der Waals surface area contributed by atoms with Gasteiger partial charge in [0.25, 0.3) is 0 Å². The molecule has 1 heterocycles. The fourth-order valence-corrected chi connectivity index (χ4v) is 3.55. The van der Waals surface area contributed by atoms with Crippen LogP contribution in [0.2, 0.25) is 0 Å². The molecular formula is C15H19N5OS2. The van der Waals surface area contributed by atoms with Crippen molar-refractivity contribution in [2.75, 3.05) is 23.9 Å². The molecule has 0 atom stereocenters. The number of nitrogens with two attached hydrogens (primary N) is 1. The molecule has 1 aliphatic carbocycles. The molecule has 0 saturated heterocycles. The maximum Gasteiger partial charge on any atom is 0.230 e. The second-order valence-electron chi connectivity index (χ2n) is 5.29. The Balaban J connectivity index is 1.35. The highest BCUT2D eigenvalue weighted by Crippen LogP contribution is 2.39. The van der Waals surface area contributed by atoms with Gasteiger partial charge in [0.05, 0.1) is 5.75 Å². The van der Waals surface area contributed by atoms with Crippen molar-refractivity contribution in [3.63, 3.8) is 0 Å². The Morgan fingerprint density at radius 3 is 2.78 bits per heavy atom. The first-order valence-electron chi connectivity index (χ1n) is 7.52. The number of nitrogens with one attached hydrogen (secondary N) is 1. The Labute approximate surface area is 143 Å². The minimum atomic E-state index is -0.0142. The Kier molecular flexibility index (Phi) is 5.45. The average Bonchev–Trinajstić information content (AvgIpc) is 3.34. The molecule has 1 saturated carbocycles. The van der Waals surface area contributed by atoms with Gasteiger partial charge in [-0.15, -0.1) is 22.0 Å². The summed E-state index contributed by atoms with van der Waals surface area (Å²) in [6.45, 7) is 0.640. The zero-order valence-electron chi connectivity index (χ0n) is 12.6. The van der Waals surface area contributed by atoms with E-state index in [-0.39, 0.29) is 5.91 Å². The number of nitrogen functional groups attached to an aromatic ring is 1. The van der Waals surface area contributed by atoms with Crippen LogP contribution in [0.1, 0.15) is 24.6 Å². The van der Waals surface area contributed by atoms with Gasteiger partial charge >= 0.3 is 0 Å². The van der Waals surface area contributed by atoms with Crippen LogP contribution in [-0.4, -0.2) is 38.8 Å². The number of rotatable bonds is 8. The molecule has 1 aliphatic rings. The van der Waals surface area contributed by atoms with Crippen molar-refractivity contribution in [1.82, 2.24) is 20.2 Å². The van der Waals surface area contributed by atoms with Crippen molar-refractivity contribution in [2.45, 2.75) is 28.8 Å². The Morgan fingerprint density at radius 2 is 2.04 bits per heavy atom. The smallest absolute Gasteiger partial charge is 0.230 e. The summed E-state index contributed by atoms with van der Waals surface area (Å²) in [6, 6.07) is 10.1. The van der Waals surface area contributed by atoms with E-state index in [1.165, 1.54) is 21.3 Å². The van der Waals surface area contributed by atoms with Gasteiger partial charge in [0, 0.05) is 23.1 Å². The Hall–Kier alpha value is -1.67. The lowest BCUT2D eigenvalue weighted by atomic mass is 10.4. The second kappa shape index (κ2) is 7.74. The van der Waals surface area contributed by atoms with Crippen molar-refractivity contribution in [1.29, 1.82) is 0 Å². The van der Waals surface area contributed by atoms with Gasteiger partial charge in [0.15, 0.2) is 5.82 Å². The minimum Gasteiger partial charge on any atom is -0.355 e. The van der Waals surface area contributed by atoms with Crippen LogP contribution >= 0.6 is 23.5 Å². The molecule has 2 aromatic rings. The standard InChI is InChI=1S/C15H19N5OS2/c16-20-14(11-6-7-11)18-19-15(20)23-10-13(21)17-8-9-22-12-4-2-1-3-5-12/h1-5,11H,6-10,16H2,(H,17,21). The highest BCUT2D eigenvalue weighted by atomic mass is 32.2. The summed E-state index contributed by atoms with van der Waals surface area (Å²) in [5.41, 5.74) is 0. The van der Waals surface area contributed by atoms with Gasteiger partial charge in [0.1, 0.15) is 0 Å². The lowest BCUT2D eigenvalue weighted by molar-refractivity contribution is -0.118. The first-order chi connectivity index (χ1) is 11.2. The molecule has 1 aromatic heterocycles. The molecule has 0 radical (unpaired) electrons. The topological polar surface area (TPSA) is 85.8 Å². The molecule has 1 aromatic carbocycles. The number of amides is 1. The van der Waals surface area contributed by atoms with Crippen LogP contribution in [0.15, 0.2) is 40.4 Å². The molecule has 1 fully saturated rings. The summed E-state index contributed by atoms with van der Waals surface area (Å²) in [6.07, 6.45) is 2.25. The summed E-state index contributed by atoms with van der Waals surface area (Å²) in [4.78, 5) is 13.1. The number of aromatic nitrogens is 3. The molecule has 3 rings (SSSR count). The van der Waals surface area contributed by atoms with Gasteiger partial charge in [-0.2, -0.15) is 0 Å². The van der Waals surface area contributed by atoms with Crippen LogP contribution in [0.25, 0.3) is 0 Å². The maximum absolute atomic E-state index is 11.9. The van der Waals surface area contributed by atoms with Crippen LogP contribution < -0.4 is 11.2 Å². The van der Waals surface area contributed by atoms with Gasteiger partial charge in [-0.25, -0.2) is 4.68 Å². The van der Waals surface area contributed by atoms with Gasteiger partial charge in [-0.3, -0.25) is 4.79 Å². The number of thioether (sulfide) groups is 2. The van der Waals surface area contributed by atoms with Crippen molar-refractivity contribution < 1.29 is 4.79 Å². The van der Waals surface area contributed by atoms with E-state index < -0.39 is 0 Å². The molecule has 1 amide bonds. The van der Waals surface area contributed by atoms with Crippen LogP contribution in [-0.2, 0) is 4.79 Å². The number of hydrogen-bond acceptors (Lipinski definition) is 6. The molecule has 0 bridgehead atoms. The van der Waals surface area contributed by atoms with Crippen molar-refractivity contribution in [3.8, 4) is 0 Å². The lowest BCUT2D eigenvalue weighted by Gasteiger charge is -2.05. The molecule has 3 N–H and O–H groups in total. The molecule has 6 nitrogen and oxygen atoms in total. The van der Waals surface area contributed by atoms with E-state index in [9.17, 15) is 4.79 Å². The first kappa shape index (κ1) is 16.2. The number of benzene rings is 1. The highest BCUT2D eigenvalue weighted by Gasteiger charge is 2.29. The quantitative estimate of drug-likeness (QED) is 0.430. The minimum absolute atomic E-state index is 0.0142.